The van der Waals surface area contributed by atoms with Crippen molar-refractivity contribution in [2.24, 2.45) is 11.8 Å². The van der Waals surface area contributed by atoms with E-state index in [1.165, 1.54) is 0 Å². The van der Waals surface area contributed by atoms with Crippen LogP contribution in [0.1, 0.15) is 25.5 Å². The van der Waals surface area contributed by atoms with Crippen LogP contribution in [0.3, 0.4) is 0 Å². The molecule has 0 aliphatic carbocycles. The SMILES string of the molecule is CC1CNCC1C(=O)N[C@@H](C)c1cccnc1. The van der Waals surface area contributed by atoms with Crippen LogP contribution < -0.4 is 10.6 Å². The van der Waals surface area contributed by atoms with Gasteiger partial charge in [-0.05, 0) is 31.0 Å². The first-order chi connectivity index (χ1) is 8.18. The first kappa shape index (κ1) is 12.0. The molecule has 4 nitrogen and oxygen atoms in total. The summed E-state index contributed by atoms with van der Waals surface area (Å²) in [4.78, 5) is 16.1. The minimum Gasteiger partial charge on any atom is -0.349 e. The quantitative estimate of drug-likeness (QED) is 0.822. The molecule has 1 aromatic rings. The average Bonchev–Trinajstić information content (AvgIpc) is 2.76. The second-order valence-electron chi connectivity index (χ2n) is 4.76. The number of amides is 1. The summed E-state index contributed by atoms with van der Waals surface area (Å²) in [5.41, 5.74) is 1.04. The smallest absolute Gasteiger partial charge is 0.225 e. The third-order valence-corrected chi connectivity index (χ3v) is 3.40. The molecule has 2 heterocycles. The molecule has 1 amide bonds. The molecule has 1 aromatic heterocycles. The predicted molar refractivity (Wildman–Crippen MR) is 66.3 cm³/mol. The Bertz CT molecular complexity index is 380. The van der Waals surface area contributed by atoms with Crippen LogP contribution in [0.25, 0.3) is 0 Å². The maximum Gasteiger partial charge on any atom is 0.225 e. The number of hydrogen-bond donors (Lipinski definition) is 2. The summed E-state index contributed by atoms with van der Waals surface area (Å²) in [6.45, 7) is 5.81. The highest BCUT2D eigenvalue weighted by molar-refractivity contribution is 5.80. The van der Waals surface area contributed by atoms with Crippen molar-refractivity contribution < 1.29 is 4.79 Å². The van der Waals surface area contributed by atoms with E-state index in [2.05, 4.69) is 22.5 Å². The first-order valence-electron chi connectivity index (χ1n) is 6.09. The van der Waals surface area contributed by atoms with Crippen molar-refractivity contribution in [2.75, 3.05) is 13.1 Å². The Balaban J connectivity index is 1.95. The van der Waals surface area contributed by atoms with E-state index in [9.17, 15) is 4.79 Å². The molecule has 0 aromatic carbocycles. The van der Waals surface area contributed by atoms with Gasteiger partial charge in [-0.25, -0.2) is 0 Å². The fourth-order valence-electron chi connectivity index (χ4n) is 2.20. The van der Waals surface area contributed by atoms with E-state index in [1.807, 2.05) is 19.1 Å². The van der Waals surface area contributed by atoms with Crippen LogP contribution in [0.5, 0.6) is 0 Å². The summed E-state index contributed by atoms with van der Waals surface area (Å²) in [6, 6.07) is 3.88. The van der Waals surface area contributed by atoms with Crippen molar-refractivity contribution in [2.45, 2.75) is 19.9 Å². The lowest BCUT2D eigenvalue weighted by molar-refractivity contribution is -0.126. The lowest BCUT2D eigenvalue weighted by atomic mass is 9.96. The third-order valence-electron chi connectivity index (χ3n) is 3.40. The van der Waals surface area contributed by atoms with Crippen LogP contribution in [0.2, 0.25) is 0 Å². The van der Waals surface area contributed by atoms with Gasteiger partial charge < -0.3 is 10.6 Å². The molecule has 17 heavy (non-hydrogen) atoms. The third kappa shape index (κ3) is 2.82. The monoisotopic (exact) mass is 233 g/mol. The van der Waals surface area contributed by atoms with Gasteiger partial charge in [-0.2, -0.15) is 0 Å². The van der Waals surface area contributed by atoms with Crippen LogP contribution in [0.15, 0.2) is 24.5 Å². The lowest BCUT2D eigenvalue weighted by Crippen LogP contribution is -2.35. The molecule has 1 saturated heterocycles. The number of aromatic nitrogens is 1. The van der Waals surface area contributed by atoms with Gasteiger partial charge in [0.15, 0.2) is 0 Å². The summed E-state index contributed by atoms with van der Waals surface area (Å²) >= 11 is 0. The maximum absolute atomic E-state index is 12.1. The van der Waals surface area contributed by atoms with Crippen molar-refractivity contribution in [1.82, 2.24) is 15.6 Å². The fraction of sp³-hybridized carbons (Fsp3) is 0.538. The van der Waals surface area contributed by atoms with Gasteiger partial charge in [0.2, 0.25) is 5.91 Å². The average molecular weight is 233 g/mol. The van der Waals surface area contributed by atoms with Crippen molar-refractivity contribution in [3.8, 4) is 0 Å². The van der Waals surface area contributed by atoms with Gasteiger partial charge in [-0.1, -0.05) is 13.0 Å². The molecule has 0 radical (unpaired) electrons. The Kier molecular flexibility index (Phi) is 3.74. The van der Waals surface area contributed by atoms with Gasteiger partial charge in [-0.3, -0.25) is 9.78 Å². The topological polar surface area (TPSA) is 54.0 Å². The standard InChI is InChI=1S/C13H19N3O/c1-9-6-15-8-12(9)13(17)16-10(2)11-4-3-5-14-7-11/h3-5,7,9-10,12,15H,6,8H2,1-2H3,(H,16,17)/t9?,10-,12?/m0/s1. The summed E-state index contributed by atoms with van der Waals surface area (Å²) < 4.78 is 0. The summed E-state index contributed by atoms with van der Waals surface area (Å²) in [7, 11) is 0. The van der Waals surface area contributed by atoms with E-state index in [0.29, 0.717) is 5.92 Å². The second-order valence-corrected chi connectivity index (χ2v) is 4.76. The number of nitrogens with one attached hydrogen (secondary N) is 2. The highest BCUT2D eigenvalue weighted by Gasteiger charge is 2.30. The molecule has 3 atom stereocenters. The van der Waals surface area contributed by atoms with Crippen LogP contribution in [-0.4, -0.2) is 24.0 Å². The largest absolute Gasteiger partial charge is 0.349 e. The molecule has 2 unspecified atom stereocenters. The molecule has 1 aliphatic rings. The molecule has 4 heteroatoms. The lowest BCUT2D eigenvalue weighted by Gasteiger charge is -2.19. The zero-order valence-corrected chi connectivity index (χ0v) is 10.3. The highest BCUT2D eigenvalue weighted by Crippen LogP contribution is 2.18. The molecule has 92 valence electrons. The zero-order valence-electron chi connectivity index (χ0n) is 10.3. The van der Waals surface area contributed by atoms with Crippen LogP contribution in [-0.2, 0) is 4.79 Å². The van der Waals surface area contributed by atoms with E-state index in [0.717, 1.165) is 18.7 Å². The molecule has 0 spiro atoms. The zero-order chi connectivity index (χ0) is 12.3. The fourth-order valence-corrected chi connectivity index (χ4v) is 2.20. The normalized spacial score (nSPS) is 25.5. The molecule has 1 aliphatic heterocycles. The maximum atomic E-state index is 12.1. The number of nitrogens with zero attached hydrogens (tertiary/aromatic N) is 1. The number of pyridine rings is 1. The van der Waals surface area contributed by atoms with E-state index in [-0.39, 0.29) is 17.9 Å². The Labute approximate surface area is 102 Å². The van der Waals surface area contributed by atoms with E-state index < -0.39 is 0 Å². The molecule has 2 N–H and O–H groups in total. The van der Waals surface area contributed by atoms with Crippen molar-refractivity contribution >= 4 is 5.91 Å². The van der Waals surface area contributed by atoms with Crippen molar-refractivity contribution in [3.05, 3.63) is 30.1 Å². The molecular weight excluding hydrogens is 214 g/mol. The van der Waals surface area contributed by atoms with Crippen LogP contribution in [0, 0.1) is 11.8 Å². The van der Waals surface area contributed by atoms with Gasteiger partial charge in [0.05, 0.1) is 12.0 Å². The van der Waals surface area contributed by atoms with E-state index >= 15 is 0 Å². The first-order valence-corrected chi connectivity index (χ1v) is 6.09. The van der Waals surface area contributed by atoms with Crippen LogP contribution in [0.4, 0.5) is 0 Å². The number of hydrogen-bond acceptors (Lipinski definition) is 3. The van der Waals surface area contributed by atoms with Crippen molar-refractivity contribution in [3.63, 3.8) is 0 Å². The Morgan fingerprint density at radius 1 is 1.59 bits per heavy atom. The minimum absolute atomic E-state index is 0.0176. The van der Waals surface area contributed by atoms with Gasteiger partial charge >= 0.3 is 0 Å². The number of carbonyl (C=O) groups excluding carboxylic acids is 1. The van der Waals surface area contributed by atoms with E-state index in [4.69, 9.17) is 0 Å². The molecule has 2 rings (SSSR count). The van der Waals surface area contributed by atoms with E-state index in [1.54, 1.807) is 12.4 Å². The van der Waals surface area contributed by atoms with Gasteiger partial charge in [0.1, 0.15) is 0 Å². The van der Waals surface area contributed by atoms with Gasteiger partial charge in [0, 0.05) is 18.9 Å². The van der Waals surface area contributed by atoms with Crippen molar-refractivity contribution in [1.29, 1.82) is 0 Å². The Morgan fingerprint density at radius 3 is 3.00 bits per heavy atom. The van der Waals surface area contributed by atoms with Crippen LogP contribution >= 0.6 is 0 Å². The molecule has 0 saturated carbocycles. The Morgan fingerprint density at radius 2 is 2.41 bits per heavy atom. The summed E-state index contributed by atoms with van der Waals surface area (Å²) in [5, 5.41) is 6.29. The summed E-state index contributed by atoms with van der Waals surface area (Å²) in [6.07, 6.45) is 3.53. The second kappa shape index (κ2) is 5.27. The number of carbonyl (C=O) groups is 1. The molecule has 0 bridgehead atoms. The highest BCUT2D eigenvalue weighted by atomic mass is 16.2. The minimum atomic E-state index is 0.0176. The Hall–Kier alpha value is -1.42. The summed E-state index contributed by atoms with van der Waals surface area (Å²) in [5.74, 6) is 0.643. The predicted octanol–water partition coefficient (Wildman–Crippen LogP) is 1.11. The number of rotatable bonds is 3. The van der Waals surface area contributed by atoms with Gasteiger partial charge in [0.25, 0.3) is 0 Å². The molecular formula is C13H19N3O. The molecule has 1 fully saturated rings. The van der Waals surface area contributed by atoms with Gasteiger partial charge in [-0.15, -0.1) is 0 Å².